The summed E-state index contributed by atoms with van der Waals surface area (Å²) in [4.78, 5) is 27.1. The number of nitrogens with one attached hydrogen (secondary N) is 2. The molecule has 0 saturated carbocycles. The Morgan fingerprint density at radius 3 is 1.61 bits per heavy atom. The average molecular weight is 471 g/mol. The molecule has 2 aliphatic rings. The van der Waals surface area contributed by atoms with E-state index in [2.05, 4.69) is 22.8 Å². The van der Waals surface area contributed by atoms with E-state index in [-0.39, 0.29) is 23.3 Å². The summed E-state index contributed by atoms with van der Waals surface area (Å²) < 4.78 is 0. The minimum atomic E-state index is -0.211. The lowest BCUT2D eigenvalue weighted by atomic mass is 9.96. The highest BCUT2D eigenvalue weighted by atomic mass is 32.2. The lowest BCUT2D eigenvalue weighted by Gasteiger charge is -2.09. The van der Waals surface area contributed by atoms with Gasteiger partial charge in [-0.25, -0.2) is 0 Å². The van der Waals surface area contributed by atoms with Gasteiger partial charge in [0, 0.05) is 9.75 Å². The topological polar surface area (TPSA) is 106 Å². The van der Waals surface area contributed by atoms with E-state index in [0.29, 0.717) is 21.1 Å². The number of nitriles is 2. The summed E-state index contributed by atoms with van der Waals surface area (Å²) >= 11 is 4.23. The fourth-order valence-corrected chi connectivity index (χ4v) is 7.24. The second kappa shape index (κ2) is 9.86. The van der Waals surface area contributed by atoms with Crippen LogP contribution < -0.4 is 10.6 Å². The van der Waals surface area contributed by atoms with Crippen LogP contribution in [0.25, 0.3) is 0 Å². The molecule has 2 aromatic rings. The summed E-state index contributed by atoms with van der Waals surface area (Å²) in [5, 5.41) is 26.0. The molecule has 9 heteroatoms. The number of hydrogen-bond acceptors (Lipinski definition) is 7. The Morgan fingerprint density at radius 1 is 0.774 bits per heavy atom. The maximum absolute atomic E-state index is 12.4. The standard InChI is InChI=1S/C22H22N4O2S3/c23-9-15-13-5-1-3-7-17(13)30-21(15)25-19(27)11-29-12-20(28)26-22-16(10-24)14-6-2-4-8-18(14)31-22/h1-8,11-12H2,(H,25,27)(H,26,28). The Bertz CT molecular complexity index is 1020. The van der Waals surface area contributed by atoms with Crippen LogP contribution >= 0.6 is 34.4 Å². The normalized spacial score (nSPS) is 14.6. The van der Waals surface area contributed by atoms with E-state index in [1.54, 1.807) is 0 Å². The van der Waals surface area contributed by atoms with Gasteiger partial charge in [-0.15, -0.1) is 34.4 Å². The van der Waals surface area contributed by atoms with Crippen LogP contribution in [0.5, 0.6) is 0 Å². The molecule has 4 rings (SSSR count). The first kappa shape index (κ1) is 21.9. The van der Waals surface area contributed by atoms with Crippen molar-refractivity contribution < 1.29 is 9.59 Å². The number of aryl methyl sites for hydroxylation is 2. The van der Waals surface area contributed by atoms with E-state index in [0.717, 1.165) is 62.5 Å². The summed E-state index contributed by atoms with van der Waals surface area (Å²) in [5.74, 6) is -0.158. The first-order valence-corrected chi connectivity index (χ1v) is 13.2. The van der Waals surface area contributed by atoms with E-state index in [4.69, 9.17) is 0 Å². The molecule has 160 valence electrons. The van der Waals surface area contributed by atoms with Gasteiger partial charge < -0.3 is 10.6 Å². The molecule has 0 unspecified atom stereocenters. The highest BCUT2D eigenvalue weighted by Gasteiger charge is 2.23. The van der Waals surface area contributed by atoms with Gasteiger partial charge in [0.05, 0.1) is 22.6 Å². The fourth-order valence-electron chi connectivity index (χ4n) is 4.11. The van der Waals surface area contributed by atoms with Gasteiger partial charge in [0.25, 0.3) is 0 Å². The van der Waals surface area contributed by atoms with Crippen molar-refractivity contribution in [3.63, 3.8) is 0 Å². The highest BCUT2D eigenvalue weighted by molar-refractivity contribution is 8.00. The van der Waals surface area contributed by atoms with Gasteiger partial charge in [0.2, 0.25) is 11.8 Å². The lowest BCUT2D eigenvalue weighted by Crippen LogP contribution is -2.18. The molecule has 0 saturated heterocycles. The summed E-state index contributed by atoms with van der Waals surface area (Å²) in [6.45, 7) is 0. The number of amides is 2. The quantitative estimate of drug-likeness (QED) is 0.641. The monoisotopic (exact) mass is 470 g/mol. The maximum atomic E-state index is 12.4. The number of anilines is 2. The van der Waals surface area contributed by atoms with Crippen molar-refractivity contribution in [2.24, 2.45) is 0 Å². The van der Waals surface area contributed by atoms with Gasteiger partial charge in [-0.1, -0.05) is 0 Å². The van der Waals surface area contributed by atoms with Gasteiger partial charge in [-0.2, -0.15) is 10.5 Å². The Hall–Kier alpha value is -2.33. The molecule has 2 heterocycles. The molecule has 0 atom stereocenters. The zero-order valence-corrected chi connectivity index (χ0v) is 19.5. The van der Waals surface area contributed by atoms with Crippen molar-refractivity contribution >= 4 is 56.3 Å². The summed E-state index contributed by atoms with van der Waals surface area (Å²) in [7, 11) is 0. The first-order chi connectivity index (χ1) is 15.1. The average Bonchev–Trinajstić information content (AvgIpc) is 3.29. The van der Waals surface area contributed by atoms with Crippen LogP contribution in [0.3, 0.4) is 0 Å². The molecule has 0 aromatic carbocycles. The highest BCUT2D eigenvalue weighted by Crippen LogP contribution is 2.38. The van der Waals surface area contributed by atoms with Crippen LogP contribution in [-0.2, 0) is 35.3 Å². The minimum absolute atomic E-state index is 0.132. The second-order valence-corrected chi connectivity index (χ2v) is 10.8. The van der Waals surface area contributed by atoms with Gasteiger partial charge >= 0.3 is 0 Å². The predicted molar refractivity (Wildman–Crippen MR) is 126 cm³/mol. The van der Waals surface area contributed by atoms with E-state index < -0.39 is 0 Å². The molecule has 2 aliphatic carbocycles. The number of hydrogen-bond donors (Lipinski definition) is 2. The van der Waals surface area contributed by atoms with Gasteiger partial charge in [0.1, 0.15) is 22.1 Å². The largest absolute Gasteiger partial charge is 0.316 e. The molecule has 6 nitrogen and oxygen atoms in total. The third-order valence-electron chi connectivity index (χ3n) is 5.54. The third-order valence-corrected chi connectivity index (χ3v) is 8.89. The van der Waals surface area contributed by atoms with Crippen molar-refractivity contribution in [1.82, 2.24) is 0 Å². The zero-order chi connectivity index (χ0) is 21.8. The van der Waals surface area contributed by atoms with Crippen molar-refractivity contribution in [2.75, 3.05) is 22.1 Å². The van der Waals surface area contributed by atoms with Crippen molar-refractivity contribution in [3.05, 3.63) is 32.0 Å². The fraction of sp³-hybridized carbons (Fsp3) is 0.455. The number of thiophene rings is 2. The summed E-state index contributed by atoms with van der Waals surface area (Å²) in [5.41, 5.74) is 3.38. The molecule has 2 amide bonds. The Labute approximate surface area is 193 Å². The smallest absolute Gasteiger partial charge is 0.235 e. The van der Waals surface area contributed by atoms with Crippen LogP contribution in [0.4, 0.5) is 10.0 Å². The molecule has 2 N–H and O–H groups in total. The van der Waals surface area contributed by atoms with E-state index in [1.165, 1.54) is 44.2 Å². The molecule has 0 aliphatic heterocycles. The predicted octanol–water partition coefficient (Wildman–Crippen LogP) is 4.62. The number of carbonyl (C=O) groups excluding carboxylic acids is 2. The van der Waals surface area contributed by atoms with E-state index in [1.807, 2.05) is 0 Å². The summed E-state index contributed by atoms with van der Waals surface area (Å²) in [6.07, 6.45) is 8.14. The van der Waals surface area contributed by atoms with Crippen LogP contribution in [0.1, 0.15) is 57.7 Å². The molecule has 0 radical (unpaired) electrons. The van der Waals surface area contributed by atoms with Gasteiger partial charge in [-0.05, 0) is 62.5 Å². The molecular weight excluding hydrogens is 448 g/mol. The number of nitrogens with zero attached hydrogens (tertiary/aromatic N) is 2. The van der Waals surface area contributed by atoms with Crippen LogP contribution in [0.15, 0.2) is 0 Å². The number of fused-ring (bicyclic) bond motifs is 2. The second-order valence-electron chi connectivity index (χ2n) is 7.64. The summed E-state index contributed by atoms with van der Waals surface area (Å²) in [6, 6.07) is 4.48. The van der Waals surface area contributed by atoms with E-state index >= 15 is 0 Å². The van der Waals surface area contributed by atoms with Crippen LogP contribution in [-0.4, -0.2) is 23.3 Å². The van der Waals surface area contributed by atoms with E-state index in [9.17, 15) is 20.1 Å². The molecule has 2 aromatic heterocycles. The van der Waals surface area contributed by atoms with Crippen molar-refractivity contribution in [2.45, 2.75) is 51.4 Å². The number of thioether (sulfide) groups is 1. The van der Waals surface area contributed by atoms with Crippen LogP contribution in [0, 0.1) is 22.7 Å². The molecule has 31 heavy (non-hydrogen) atoms. The number of rotatable bonds is 6. The molecule has 0 bridgehead atoms. The van der Waals surface area contributed by atoms with Gasteiger partial charge in [0.15, 0.2) is 0 Å². The Balaban J connectivity index is 1.29. The van der Waals surface area contributed by atoms with Crippen molar-refractivity contribution in [1.29, 1.82) is 10.5 Å². The lowest BCUT2D eigenvalue weighted by molar-refractivity contribution is -0.114. The number of carbonyl (C=O) groups is 2. The Kier molecular flexibility index (Phi) is 6.96. The Morgan fingerprint density at radius 2 is 1.19 bits per heavy atom. The molecule has 0 spiro atoms. The zero-order valence-electron chi connectivity index (χ0n) is 17.0. The van der Waals surface area contributed by atoms with Crippen molar-refractivity contribution in [3.8, 4) is 12.1 Å². The minimum Gasteiger partial charge on any atom is -0.316 e. The SMILES string of the molecule is N#Cc1c(NC(=O)CSCC(=O)Nc2sc3c(c2C#N)CCCC3)sc2c1CCCC2. The molecular formula is C22H22N4O2S3. The van der Waals surface area contributed by atoms with Gasteiger partial charge in [-0.3, -0.25) is 9.59 Å². The third kappa shape index (κ3) is 4.79. The maximum Gasteiger partial charge on any atom is 0.235 e. The van der Waals surface area contributed by atoms with Crippen LogP contribution in [0.2, 0.25) is 0 Å². The first-order valence-electron chi connectivity index (χ1n) is 10.4. The molecule has 0 fully saturated rings.